The van der Waals surface area contributed by atoms with Crippen molar-refractivity contribution in [3.05, 3.63) is 28.8 Å². The smallest absolute Gasteiger partial charge is 0.153 e. The van der Waals surface area contributed by atoms with Gasteiger partial charge in [0.2, 0.25) is 0 Å². The number of nitrogens with two attached hydrogens (primary N) is 1. The van der Waals surface area contributed by atoms with Crippen LogP contribution in [-0.4, -0.2) is 32.6 Å². The molecule has 0 bridgehead atoms. The van der Waals surface area contributed by atoms with E-state index in [0.717, 1.165) is 23.3 Å². The first-order valence-electron chi connectivity index (χ1n) is 7.44. The zero-order valence-corrected chi connectivity index (χ0v) is 14.3. The van der Waals surface area contributed by atoms with E-state index in [1.807, 2.05) is 27.7 Å². The Morgan fingerprint density at radius 1 is 1.19 bits per heavy atom. The van der Waals surface area contributed by atoms with E-state index in [9.17, 15) is 8.42 Å². The number of hydrogen-bond donors (Lipinski definition) is 1. The standard InChI is InChI=1S/C16H27NO3S/c1-5-7-21(18,19)8-6-20-16-12(2)9-15(10-13(16)3)11-14(4)17/h9-10,14H,5-8,11,17H2,1-4H3. The maximum absolute atomic E-state index is 11.7. The molecule has 1 unspecified atom stereocenters. The minimum absolute atomic E-state index is 0.0707. The molecule has 0 radical (unpaired) electrons. The van der Waals surface area contributed by atoms with E-state index in [1.165, 1.54) is 5.56 Å². The SMILES string of the molecule is CCCS(=O)(=O)CCOc1c(C)cc(CC(C)N)cc1C. The number of rotatable bonds is 8. The van der Waals surface area contributed by atoms with Gasteiger partial charge >= 0.3 is 0 Å². The Labute approximate surface area is 128 Å². The van der Waals surface area contributed by atoms with E-state index in [0.29, 0.717) is 6.42 Å². The highest BCUT2D eigenvalue weighted by molar-refractivity contribution is 7.91. The number of ether oxygens (including phenoxy) is 1. The second kappa shape index (κ2) is 7.80. The molecule has 0 heterocycles. The summed E-state index contributed by atoms with van der Waals surface area (Å²) in [6.07, 6.45) is 1.47. The molecule has 2 N–H and O–H groups in total. The lowest BCUT2D eigenvalue weighted by Gasteiger charge is -2.15. The summed E-state index contributed by atoms with van der Waals surface area (Å²) in [7, 11) is -2.99. The summed E-state index contributed by atoms with van der Waals surface area (Å²) >= 11 is 0. The molecule has 1 rings (SSSR count). The molecule has 0 amide bonds. The summed E-state index contributed by atoms with van der Waals surface area (Å²) in [5.41, 5.74) is 9.06. The molecule has 0 aliphatic carbocycles. The van der Waals surface area contributed by atoms with Crippen molar-refractivity contribution in [2.24, 2.45) is 5.73 Å². The van der Waals surface area contributed by atoms with Crippen LogP contribution in [-0.2, 0) is 16.3 Å². The van der Waals surface area contributed by atoms with Gasteiger partial charge in [0.15, 0.2) is 9.84 Å². The van der Waals surface area contributed by atoms with E-state index in [1.54, 1.807) is 0 Å². The Morgan fingerprint density at radius 3 is 2.24 bits per heavy atom. The third kappa shape index (κ3) is 6.06. The summed E-state index contributed by atoms with van der Waals surface area (Å²) in [6, 6.07) is 4.24. The first-order chi connectivity index (χ1) is 9.75. The van der Waals surface area contributed by atoms with E-state index in [4.69, 9.17) is 10.5 Å². The topological polar surface area (TPSA) is 69.4 Å². The maximum Gasteiger partial charge on any atom is 0.153 e. The molecule has 1 aromatic rings. The minimum atomic E-state index is -2.99. The molecule has 1 aromatic carbocycles. The van der Waals surface area contributed by atoms with Gasteiger partial charge in [-0.3, -0.25) is 0 Å². The highest BCUT2D eigenvalue weighted by atomic mass is 32.2. The second-order valence-electron chi connectivity index (χ2n) is 5.74. The van der Waals surface area contributed by atoms with E-state index >= 15 is 0 Å². The Morgan fingerprint density at radius 2 is 1.76 bits per heavy atom. The molecular weight excluding hydrogens is 286 g/mol. The van der Waals surface area contributed by atoms with Crippen molar-refractivity contribution in [1.82, 2.24) is 0 Å². The van der Waals surface area contributed by atoms with Crippen molar-refractivity contribution in [1.29, 1.82) is 0 Å². The average molecular weight is 313 g/mol. The van der Waals surface area contributed by atoms with Crippen LogP contribution in [0.2, 0.25) is 0 Å². The van der Waals surface area contributed by atoms with Gasteiger partial charge in [0, 0.05) is 6.04 Å². The normalized spacial score (nSPS) is 13.2. The molecule has 0 saturated heterocycles. The Kier molecular flexibility index (Phi) is 6.68. The average Bonchev–Trinajstić information content (AvgIpc) is 2.31. The lowest BCUT2D eigenvalue weighted by Crippen LogP contribution is -2.18. The Bertz CT molecular complexity index is 542. The van der Waals surface area contributed by atoms with Crippen LogP contribution in [0.3, 0.4) is 0 Å². The lowest BCUT2D eigenvalue weighted by molar-refractivity contribution is 0.336. The van der Waals surface area contributed by atoms with Crippen LogP contribution < -0.4 is 10.5 Å². The van der Waals surface area contributed by atoms with Crippen molar-refractivity contribution in [2.45, 2.75) is 46.6 Å². The van der Waals surface area contributed by atoms with Gasteiger partial charge < -0.3 is 10.5 Å². The van der Waals surface area contributed by atoms with Gasteiger partial charge in [-0.25, -0.2) is 8.42 Å². The highest BCUT2D eigenvalue weighted by Crippen LogP contribution is 2.25. The molecule has 0 aromatic heterocycles. The van der Waals surface area contributed by atoms with Gasteiger partial charge in [-0.2, -0.15) is 0 Å². The predicted molar refractivity (Wildman–Crippen MR) is 87.7 cm³/mol. The van der Waals surface area contributed by atoms with Crippen molar-refractivity contribution in [3.63, 3.8) is 0 Å². The van der Waals surface area contributed by atoms with E-state index in [-0.39, 0.29) is 24.2 Å². The fourth-order valence-electron chi connectivity index (χ4n) is 2.44. The second-order valence-corrected chi connectivity index (χ2v) is 8.04. The molecule has 0 aliphatic rings. The largest absolute Gasteiger partial charge is 0.492 e. The molecule has 0 spiro atoms. The van der Waals surface area contributed by atoms with Gasteiger partial charge in [-0.1, -0.05) is 19.1 Å². The van der Waals surface area contributed by atoms with Crippen molar-refractivity contribution < 1.29 is 13.2 Å². The minimum Gasteiger partial charge on any atom is -0.492 e. The molecule has 5 heteroatoms. The van der Waals surface area contributed by atoms with Gasteiger partial charge in [-0.05, 0) is 50.3 Å². The van der Waals surface area contributed by atoms with Gasteiger partial charge in [0.25, 0.3) is 0 Å². The maximum atomic E-state index is 11.7. The summed E-state index contributed by atoms with van der Waals surface area (Å²) in [4.78, 5) is 0. The fourth-order valence-corrected chi connectivity index (χ4v) is 3.60. The van der Waals surface area contributed by atoms with Crippen molar-refractivity contribution >= 4 is 9.84 Å². The lowest BCUT2D eigenvalue weighted by atomic mass is 10.0. The molecule has 0 aliphatic heterocycles. The molecule has 4 nitrogen and oxygen atoms in total. The quantitative estimate of drug-likeness (QED) is 0.800. The van der Waals surface area contributed by atoms with Gasteiger partial charge in [-0.15, -0.1) is 0 Å². The van der Waals surface area contributed by atoms with Gasteiger partial charge in [0.1, 0.15) is 12.4 Å². The predicted octanol–water partition coefficient (Wildman–Crippen LogP) is 2.40. The van der Waals surface area contributed by atoms with Crippen LogP contribution in [0.25, 0.3) is 0 Å². The summed E-state index contributed by atoms with van der Waals surface area (Å²) < 4.78 is 29.0. The van der Waals surface area contributed by atoms with Crippen LogP contribution in [0.15, 0.2) is 12.1 Å². The van der Waals surface area contributed by atoms with Crippen LogP contribution >= 0.6 is 0 Å². The zero-order chi connectivity index (χ0) is 16.0. The molecular formula is C16H27NO3S. The zero-order valence-electron chi connectivity index (χ0n) is 13.5. The number of aryl methyl sites for hydroxylation is 2. The third-order valence-corrected chi connectivity index (χ3v) is 5.05. The molecule has 0 fully saturated rings. The molecule has 1 atom stereocenters. The number of hydrogen-bond acceptors (Lipinski definition) is 4. The monoisotopic (exact) mass is 313 g/mol. The Balaban J connectivity index is 2.72. The summed E-state index contributed by atoms with van der Waals surface area (Å²) in [5.74, 6) is 1.08. The molecule has 0 saturated carbocycles. The van der Waals surface area contributed by atoms with Crippen LogP contribution in [0.4, 0.5) is 0 Å². The first kappa shape index (κ1) is 18.0. The van der Waals surface area contributed by atoms with E-state index in [2.05, 4.69) is 12.1 Å². The van der Waals surface area contributed by atoms with Crippen LogP contribution in [0, 0.1) is 13.8 Å². The Hall–Kier alpha value is -1.07. The van der Waals surface area contributed by atoms with E-state index < -0.39 is 9.84 Å². The van der Waals surface area contributed by atoms with Gasteiger partial charge in [0.05, 0.1) is 11.5 Å². The first-order valence-corrected chi connectivity index (χ1v) is 9.26. The number of benzene rings is 1. The third-order valence-electron chi connectivity index (χ3n) is 3.23. The number of sulfone groups is 1. The summed E-state index contributed by atoms with van der Waals surface area (Å²) in [6.45, 7) is 8.01. The van der Waals surface area contributed by atoms with Crippen molar-refractivity contribution in [2.75, 3.05) is 18.1 Å². The summed E-state index contributed by atoms with van der Waals surface area (Å²) in [5, 5.41) is 0. The molecule has 120 valence electrons. The van der Waals surface area contributed by atoms with Crippen LogP contribution in [0.1, 0.15) is 37.0 Å². The van der Waals surface area contributed by atoms with Crippen molar-refractivity contribution in [3.8, 4) is 5.75 Å². The molecule has 21 heavy (non-hydrogen) atoms. The highest BCUT2D eigenvalue weighted by Gasteiger charge is 2.12. The van der Waals surface area contributed by atoms with Crippen LogP contribution in [0.5, 0.6) is 5.75 Å². The fraction of sp³-hybridized carbons (Fsp3) is 0.625.